The quantitative estimate of drug-likeness (QED) is 0.775. The third kappa shape index (κ3) is 2.45. The molecule has 2 aliphatic rings. The van der Waals surface area contributed by atoms with Gasteiger partial charge in [0.05, 0.1) is 22.6 Å². The highest BCUT2D eigenvalue weighted by Crippen LogP contribution is 2.37. The van der Waals surface area contributed by atoms with Gasteiger partial charge in [0.25, 0.3) is 0 Å². The molecule has 2 aliphatic heterocycles. The van der Waals surface area contributed by atoms with Gasteiger partial charge in [0, 0.05) is 12.0 Å². The van der Waals surface area contributed by atoms with E-state index < -0.39 is 28.3 Å². The summed E-state index contributed by atoms with van der Waals surface area (Å²) in [5, 5.41) is 0. The molecular formula is C15H22BNO4S. The molecule has 0 saturated carbocycles. The average molecular weight is 323 g/mol. The largest absolute Gasteiger partial charge is 0.497 e. The predicted octanol–water partition coefficient (Wildman–Crippen LogP) is 1.53. The van der Waals surface area contributed by atoms with Crippen molar-refractivity contribution in [3.05, 3.63) is 24.3 Å². The van der Waals surface area contributed by atoms with Gasteiger partial charge in [0.15, 0.2) is 0 Å². The second-order valence-electron chi connectivity index (χ2n) is 6.89. The van der Waals surface area contributed by atoms with Gasteiger partial charge in [-0.2, -0.15) is 0 Å². The SMILES string of the molecule is CC1(C)OB(c2ccccc2N2CCCS2(=O)=O)OC1(C)C. The minimum atomic E-state index is -3.23. The highest BCUT2D eigenvalue weighted by molar-refractivity contribution is 7.93. The van der Waals surface area contributed by atoms with Crippen molar-refractivity contribution in [2.45, 2.75) is 45.3 Å². The Labute approximate surface area is 132 Å². The van der Waals surface area contributed by atoms with Crippen LogP contribution < -0.4 is 9.77 Å². The van der Waals surface area contributed by atoms with Gasteiger partial charge in [-0.25, -0.2) is 8.42 Å². The maximum absolute atomic E-state index is 12.2. The van der Waals surface area contributed by atoms with Crippen molar-refractivity contribution in [2.75, 3.05) is 16.6 Å². The van der Waals surface area contributed by atoms with Crippen molar-refractivity contribution >= 4 is 28.3 Å². The van der Waals surface area contributed by atoms with Gasteiger partial charge in [-0.05, 0) is 40.2 Å². The van der Waals surface area contributed by atoms with Crippen molar-refractivity contribution in [3.8, 4) is 0 Å². The highest BCUT2D eigenvalue weighted by Gasteiger charge is 2.52. The number of hydrogen-bond acceptors (Lipinski definition) is 4. The van der Waals surface area contributed by atoms with Crippen LogP contribution in [0.3, 0.4) is 0 Å². The van der Waals surface area contributed by atoms with E-state index >= 15 is 0 Å². The lowest BCUT2D eigenvalue weighted by Gasteiger charge is -2.32. The van der Waals surface area contributed by atoms with E-state index in [0.29, 0.717) is 18.7 Å². The lowest BCUT2D eigenvalue weighted by Crippen LogP contribution is -2.41. The van der Waals surface area contributed by atoms with E-state index in [4.69, 9.17) is 9.31 Å². The summed E-state index contributed by atoms with van der Waals surface area (Å²) in [6, 6.07) is 7.43. The Bertz CT molecular complexity index is 671. The molecule has 0 aliphatic carbocycles. The van der Waals surface area contributed by atoms with Gasteiger partial charge < -0.3 is 9.31 Å². The molecule has 2 heterocycles. The minimum Gasteiger partial charge on any atom is -0.399 e. The predicted molar refractivity (Wildman–Crippen MR) is 87.9 cm³/mol. The van der Waals surface area contributed by atoms with E-state index in [1.54, 1.807) is 0 Å². The number of nitrogens with zero attached hydrogens (tertiary/aromatic N) is 1. The molecule has 0 radical (unpaired) electrons. The Morgan fingerprint density at radius 2 is 1.68 bits per heavy atom. The Kier molecular flexibility index (Phi) is 3.58. The number of rotatable bonds is 2. The molecule has 0 atom stereocenters. The van der Waals surface area contributed by atoms with E-state index in [0.717, 1.165) is 5.46 Å². The van der Waals surface area contributed by atoms with Crippen molar-refractivity contribution < 1.29 is 17.7 Å². The van der Waals surface area contributed by atoms with Crippen LogP contribution in [0.15, 0.2) is 24.3 Å². The van der Waals surface area contributed by atoms with Crippen molar-refractivity contribution in [1.82, 2.24) is 0 Å². The lowest BCUT2D eigenvalue weighted by atomic mass is 9.78. The van der Waals surface area contributed by atoms with Crippen LogP contribution in [0, 0.1) is 0 Å². The van der Waals surface area contributed by atoms with Gasteiger partial charge in [0.1, 0.15) is 0 Å². The summed E-state index contributed by atoms with van der Waals surface area (Å²) in [4.78, 5) is 0. The van der Waals surface area contributed by atoms with E-state index in [1.807, 2.05) is 52.0 Å². The third-order valence-electron chi connectivity index (χ3n) is 4.81. The first kappa shape index (κ1) is 15.8. The molecule has 0 spiro atoms. The zero-order valence-electron chi connectivity index (χ0n) is 13.5. The normalized spacial score (nSPS) is 25.6. The second-order valence-corrected chi connectivity index (χ2v) is 8.90. The molecule has 2 fully saturated rings. The lowest BCUT2D eigenvalue weighted by molar-refractivity contribution is 0.00578. The Morgan fingerprint density at radius 1 is 1.09 bits per heavy atom. The molecule has 3 rings (SSSR count). The van der Waals surface area contributed by atoms with E-state index in [9.17, 15) is 8.42 Å². The number of para-hydroxylation sites is 1. The van der Waals surface area contributed by atoms with E-state index in [-0.39, 0.29) is 5.75 Å². The number of anilines is 1. The molecule has 7 heteroatoms. The fraction of sp³-hybridized carbons (Fsp3) is 0.600. The molecule has 0 aromatic heterocycles. The molecule has 0 N–H and O–H groups in total. The van der Waals surface area contributed by atoms with Gasteiger partial charge in [-0.3, -0.25) is 4.31 Å². The van der Waals surface area contributed by atoms with Crippen LogP contribution in [-0.2, 0) is 19.3 Å². The maximum atomic E-state index is 12.2. The molecule has 22 heavy (non-hydrogen) atoms. The minimum absolute atomic E-state index is 0.199. The van der Waals surface area contributed by atoms with Gasteiger partial charge in [-0.15, -0.1) is 0 Å². The van der Waals surface area contributed by atoms with Gasteiger partial charge in [-0.1, -0.05) is 18.2 Å². The molecule has 0 bridgehead atoms. The fourth-order valence-corrected chi connectivity index (χ4v) is 4.38. The Morgan fingerprint density at radius 3 is 2.23 bits per heavy atom. The fourth-order valence-electron chi connectivity index (χ4n) is 2.79. The summed E-state index contributed by atoms with van der Waals surface area (Å²) in [6.45, 7) is 8.47. The van der Waals surface area contributed by atoms with Gasteiger partial charge in [0.2, 0.25) is 10.0 Å². The molecule has 5 nitrogen and oxygen atoms in total. The molecule has 120 valence electrons. The first-order valence-electron chi connectivity index (χ1n) is 7.59. The Balaban J connectivity index is 2.00. The number of benzene rings is 1. The summed E-state index contributed by atoms with van der Waals surface area (Å²) >= 11 is 0. The van der Waals surface area contributed by atoms with Crippen LogP contribution in [0.5, 0.6) is 0 Å². The monoisotopic (exact) mass is 323 g/mol. The van der Waals surface area contributed by atoms with Crippen molar-refractivity contribution in [1.29, 1.82) is 0 Å². The topological polar surface area (TPSA) is 55.8 Å². The zero-order chi connectivity index (χ0) is 16.2. The Hall–Kier alpha value is -1.05. The second kappa shape index (κ2) is 4.98. The van der Waals surface area contributed by atoms with Crippen LogP contribution in [-0.4, -0.2) is 39.0 Å². The maximum Gasteiger partial charge on any atom is 0.497 e. The first-order chi connectivity index (χ1) is 10.1. The zero-order valence-corrected chi connectivity index (χ0v) is 14.3. The summed E-state index contributed by atoms with van der Waals surface area (Å²) in [7, 11) is -3.79. The number of sulfonamides is 1. The number of hydrogen-bond donors (Lipinski definition) is 0. The van der Waals surface area contributed by atoms with Gasteiger partial charge >= 0.3 is 7.12 Å². The van der Waals surface area contributed by atoms with Crippen LogP contribution >= 0.6 is 0 Å². The van der Waals surface area contributed by atoms with E-state index in [2.05, 4.69) is 0 Å². The average Bonchev–Trinajstić information content (AvgIpc) is 2.86. The molecule has 1 aromatic rings. The summed E-state index contributed by atoms with van der Waals surface area (Å²) in [5.41, 5.74) is 0.536. The molecule has 1 aromatic carbocycles. The molecular weight excluding hydrogens is 301 g/mol. The molecule has 2 saturated heterocycles. The van der Waals surface area contributed by atoms with Crippen LogP contribution in [0.2, 0.25) is 0 Å². The standard InChI is InChI=1S/C15H22BNO4S/c1-14(2)15(3,4)21-16(20-14)12-8-5-6-9-13(12)17-10-7-11-22(17,18)19/h5-6,8-9H,7,10-11H2,1-4H3. The van der Waals surface area contributed by atoms with Crippen LogP contribution in [0.25, 0.3) is 0 Å². The summed E-state index contributed by atoms with van der Waals surface area (Å²) < 4.78 is 38.1. The molecule has 0 unspecified atom stereocenters. The van der Waals surface area contributed by atoms with Crippen molar-refractivity contribution in [2.24, 2.45) is 0 Å². The van der Waals surface area contributed by atoms with Crippen LogP contribution in [0.4, 0.5) is 5.69 Å². The van der Waals surface area contributed by atoms with Crippen LogP contribution in [0.1, 0.15) is 34.1 Å². The third-order valence-corrected chi connectivity index (χ3v) is 6.67. The van der Waals surface area contributed by atoms with Crippen molar-refractivity contribution in [3.63, 3.8) is 0 Å². The summed E-state index contributed by atoms with van der Waals surface area (Å²) in [5.74, 6) is 0.199. The summed E-state index contributed by atoms with van der Waals surface area (Å²) in [6.07, 6.45) is 0.653. The first-order valence-corrected chi connectivity index (χ1v) is 9.20. The highest BCUT2D eigenvalue weighted by atomic mass is 32.2. The van der Waals surface area contributed by atoms with E-state index in [1.165, 1.54) is 4.31 Å². The smallest absolute Gasteiger partial charge is 0.399 e. The molecule has 0 amide bonds.